The van der Waals surface area contributed by atoms with Crippen molar-refractivity contribution in [3.8, 4) is 0 Å². The second-order valence-corrected chi connectivity index (χ2v) is 4.32. The predicted molar refractivity (Wildman–Crippen MR) is 54.5 cm³/mol. The van der Waals surface area contributed by atoms with E-state index in [1.807, 2.05) is 18.9 Å². The van der Waals surface area contributed by atoms with Crippen LogP contribution in [0.5, 0.6) is 0 Å². The summed E-state index contributed by atoms with van der Waals surface area (Å²) >= 11 is 0. The van der Waals surface area contributed by atoms with Gasteiger partial charge >= 0.3 is 5.97 Å². The molecule has 0 spiro atoms. The highest BCUT2D eigenvalue weighted by molar-refractivity contribution is 5.69. The number of morpholine rings is 1. The quantitative estimate of drug-likeness (QED) is 0.654. The molecule has 1 heterocycles. The fourth-order valence-corrected chi connectivity index (χ4v) is 1.92. The fourth-order valence-electron chi connectivity index (χ4n) is 1.92. The lowest BCUT2D eigenvalue weighted by atomic mass is 10.0. The minimum absolute atomic E-state index is 0.0466. The van der Waals surface area contributed by atoms with Gasteiger partial charge in [-0.15, -0.1) is 0 Å². The number of aliphatic hydroxyl groups excluding tert-OH is 1. The van der Waals surface area contributed by atoms with Crippen LogP contribution in [-0.4, -0.2) is 61.5 Å². The van der Waals surface area contributed by atoms with Crippen LogP contribution in [0, 0.1) is 0 Å². The smallest absolute Gasteiger partial charge is 0.308 e. The van der Waals surface area contributed by atoms with Crippen molar-refractivity contribution < 1.29 is 19.4 Å². The van der Waals surface area contributed by atoms with Gasteiger partial charge in [-0.1, -0.05) is 0 Å². The molecule has 0 saturated carbocycles. The van der Waals surface area contributed by atoms with Crippen LogP contribution in [0.3, 0.4) is 0 Å². The van der Waals surface area contributed by atoms with Gasteiger partial charge in [0.1, 0.15) is 5.60 Å². The first kappa shape index (κ1) is 12.4. The lowest BCUT2D eigenvalue weighted by Crippen LogP contribution is -2.55. The third kappa shape index (κ3) is 3.44. The van der Waals surface area contributed by atoms with E-state index in [1.165, 1.54) is 7.11 Å². The number of ether oxygens (including phenoxy) is 2. The van der Waals surface area contributed by atoms with E-state index < -0.39 is 5.60 Å². The van der Waals surface area contributed by atoms with Gasteiger partial charge in [0.15, 0.2) is 0 Å². The fraction of sp³-hybridized carbons (Fsp3) is 0.900. The zero-order valence-electron chi connectivity index (χ0n) is 9.52. The second-order valence-electron chi connectivity index (χ2n) is 4.32. The minimum Gasteiger partial charge on any atom is -0.469 e. The standard InChI is InChI=1S/C10H19NO4/c1-10(7-12)6-11(2)5-8(15-10)4-9(13)14-3/h8,12H,4-7H2,1-3H3/t8-,10+/m0/s1. The van der Waals surface area contributed by atoms with Gasteiger partial charge in [-0.3, -0.25) is 4.79 Å². The Kier molecular flexibility index (Phi) is 4.07. The summed E-state index contributed by atoms with van der Waals surface area (Å²) in [7, 11) is 3.31. The van der Waals surface area contributed by atoms with Crippen LogP contribution in [0.4, 0.5) is 0 Å². The highest BCUT2D eigenvalue weighted by Gasteiger charge is 2.36. The highest BCUT2D eigenvalue weighted by atomic mass is 16.5. The van der Waals surface area contributed by atoms with Crippen molar-refractivity contribution in [2.24, 2.45) is 0 Å². The molecule has 1 N–H and O–H groups in total. The topological polar surface area (TPSA) is 59.0 Å². The monoisotopic (exact) mass is 217 g/mol. The molecule has 0 aromatic rings. The maximum atomic E-state index is 11.1. The van der Waals surface area contributed by atoms with Gasteiger partial charge in [0.05, 0.1) is 26.2 Å². The van der Waals surface area contributed by atoms with Crippen LogP contribution in [0.2, 0.25) is 0 Å². The van der Waals surface area contributed by atoms with Crippen molar-refractivity contribution in [1.82, 2.24) is 4.90 Å². The van der Waals surface area contributed by atoms with E-state index in [0.29, 0.717) is 13.1 Å². The first-order valence-electron chi connectivity index (χ1n) is 5.03. The zero-order valence-corrected chi connectivity index (χ0v) is 9.52. The van der Waals surface area contributed by atoms with Crippen LogP contribution >= 0.6 is 0 Å². The second kappa shape index (κ2) is 4.92. The third-order valence-electron chi connectivity index (χ3n) is 2.53. The molecule has 0 radical (unpaired) electrons. The lowest BCUT2D eigenvalue weighted by Gasteiger charge is -2.42. The average Bonchev–Trinajstić information content (AvgIpc) is 2.16. The summed E-state index contributed by atoms with van der Waals surface area (Å²) in [5, 5.41) is 9.21. The Bertz CT molecular complexity index is 233. The van der Waals surface area contributed by atoms with Gasteiger partial charge in [-0.25, -0.2) is 0 Å². The van der Waals surface area contributed by atoms with Gasteiger partial charge in [0, 0.05) is 13.1 Å². The van der Waals surface area contributed by atoms with Crippen LogP contribution in [0.15, 0.2) is 0 Å². The van der Waals surface area contributed by atoms with Crippen molar-refractivity contribution >= 4 is 5.97 Å². The molecule has 1 aliphatic rings. The number of nitrogens with zero attached hydrogens (tertiary/aromatic N) is 1. The molecule has 0 aromatic heterocycles. The minimum atomic E-state index is -0.578. The number of aliphatic hydroxyl groups is 1. The predicted octanol–water partition coefficient (Wildman–Crippen LogP) is -0.369. The van der Waals surface area contributed by atoms with Crippen molar-refractivity contribution in [3.05, 3.63) is 0 Å². The summed E-state index contributed by atoms with van der Waals surface area (Å²) in [6, 6.07) is 0. The van der Waals surface area contributed by atoms with Crippen LogP contribution in [0.1, 0.15) is 13.3 Å². The zero-order chi connectivity index (χ0) is 11.5. The normalized spacial score (nSPS) is 32.7. The molecule has 1 fully saturated rings. The maximum absolute atomic E-state index is 11.1. The number of likely N-dealkylation sites (N-methyl/N-ethyl adjacent to an activating group) is 1. The van der Waals surface area contributed by atoms with Crippen molar-refractivity contribution in [2.75, 3.05) is 33.9 Å². The Hall–Kier alpha value is -0.650. The molecule has 0 aromatic carbocycles. The molecular formula is C10H19NO4. The van der Waals surface area contributed by atoms with Crippen LogP contribution in [-0.2, 0) is 14.3 Å². The Morgan fingerprint density at radius 1 is 1.73 bits per heavy atom. The lowest BCUT2D eigenvalue weighted by molar-refractivity contribution is -0.171. The van der Waals surface area contributed by atoms with Crippen LogP contribution in [0.25, 0.3) is 0 Å². The molecule has 15 heavy (non-hydrogen) atoms. The van der Waals surface area contributed by atoms with Crippen LogP contribution < -0.4 is 0 Å². The summed E-state index contributed by atoms with van der Waals surface area (Å²) in [5.41, 5.74) is -0.578. The third-order valence-corrected chi connectivity index (χ3v) is 2.53. The molecule has 0 unspecified atom stereocenters. The molecule has 0 aliphatic carbocycles. The van der Waals surface area contributed by atoms with E-state index in [4.69, 9.17) is 4.74 Å². The van der Waals surface area contributed by atoms with Gasteiger partial charge in [-0.2, -0.15) is 0 Å². The SMILES string of the molecule is COC(=O)C[C@H]1CN(C)C[C@](C)(CO)O1. The van der Waals surface area contributed by atoms with Gasteiger partial charge in [0.25, 0.3) is 0 Å². The molecule has 88 valence electrons. The van der Waals surface area contributed by atoms with E-state index in [2.05, 4.69) is 4.74 Å². The Morgan fingerprint density at radius 2 is 2.40 bits per heavy atom. The van der Waals surface area contributed by atoms with E-state index in [1.54, 1.807) is 0 Å². The summed E-state index contributed by atoms with van der Waals surface area (Å²) in [6.07, 6.45) is 0.0320. The molecule has 5 nitrogen and oxygen atoms in total. The number of carbonyl (C=O) groups is 1. The van der Waals surface area contributed by atoms with Crippen molar-refractivity contribution in [1.29, 1.82) is 0 Å². The number of hydrogen-bond donors (Lipinski definition) is 1. The Labute approximate surface area is 90.0 Å². The molecule has 0 bridgehead atoms. The average molecular weight is 217 g/mol. The highest BCUT2D eigenvalue weighted by Crippen LogP contribution is 2.21. The van der Waals surface area contributed by atoms with E-state index in [9.17, 15) is 9.90 Å². The number of methoxy groups -OCH3 is 1. The van der Waals surface area contributed by atoms with Crippen molar-refractivity contribution in [3.63, 3.8) is 0 Å². The van der Waals surface area contributed by atoms with E-state index in [-0.39, 0.29) is 25.1 Å². The van der Waals surface area contributed by atoms with Crippen molar-refractivity contribution in [2.45, 2.75) is 25.0 Å². The van der Waals surface area contributed by atoms with E-state index in [0.717, 1.165) is 0 Å². The van der Waals surface area contributed by atoms with E-state index >= 15 is 0 Å². The summed E-state index contributed by atoms with van der Waals surface area (Å²) < 4.78 is 10.3. The molecule has 0 amide bonds. The summed E-state index contributed by atoms with van der Waals surface area (Å²) in [5.74, 6) is -0.282. The Morgan fingerprint density at radius 3 is 2.93 bits per heavy atom. The first-order valence-corrected chi connectivity index (χ1v) is 5.03. The number of esters is 1. The molecule has 1 aliphatic heterocycles. The van der Waals surface area contributed by atoms with Gasteiger partial charge in [-0.05, 0) is 14.0 Å². The van der Waals surface area contributed by atoms with Gasteiger partial charge < -0.3 is 19.5 Å². The largest absolute Gasteiger partial charge is 0.469 e. The molecular weight excluding hydrogens is 198 g/mol. The Balaban J connectivity index is 2.55. The molecule has 1 rings (SSSR count). The number of carbonyl (C=O) groups excluding carboxylic acids is 1. The van der Waals surface area contributed by atoms with Gasteiger partial charge in [0.2, 0.25) is 0 Å². The molecule has 5 heteroatoms. The summed E-state index contributed by atoms with van der Waals surface area (Å²) in [4.78, 5) is 13.2. The summed E-state index contributed by atoms with van der Waals surface area (Å²) in [6.45, 7) is 3.15. The number of rotatable bonds is 3. The molecule has 2 atom stereocenters. The maximum Gasteiger partial charge on any atom is 0.308 e. The first-order chi connectivity index (χ1) is 6.99. The number of hydrogen-bond acceptors (Lipinski definition) is 5. The molecule has 1 saturated heterocycles.